The molecule has 1 aliphatic heterocycles. The third kappa shape index (κ3) is 3.75. The maximum Gasteiger partial charge on any atom is 0.311 e. The molecule has 1 aromatic carbocycles. The van der Waals surface area contributed by atoms with Crippen LogP contribution in [0.2, 0.25) is 5.02 Å². The first-order valence-corrected chi connectivity index (χ1v) is 9.48. The molecule has 1 saturated heterocycles. The smallest absolute Gasteiger partial charge is 0.311 e. The number of benzene rings is 1. The Morgan fingerprint density at radius 3 is 2.71 bits per heavy atom. The molecule has 0 N–H and O–H groups in total. The van der Waals surface area contributed by atoms with E-state index in [0.717, 1.165) is 35.6 Å². The number of hydrogen-bond donors (Lipinski definition) is 0. The lowest BCUT2D eigenvalue weighted by Gasteiger charge is -2.33. The maximum absolute atomic E-state index is 12.3. The number of nitrogens with zero attached hydrogens (tertiary/aromatic N) is 3. The van der Waals surface area contributed by atoms with Gasteiger partial charge in [0.15, 0.2) is 0 Å². The van der Waals surface area contributed by atoms with Crippen molar-refractivity contribution in [3.8, 4) is 11.3 Å². The molecule has 0 unspecified atom stereocenters. The Morgan fingerprint density at radius 2 is 2.04 bits per heavy atom. The van der Waals surface area contributed by atoms with Gasteiger partial charge in [-0.15, -0.1) is 0 Å². The SMILES string of the molecule is COC(=O)C1(CCn2ncc(-c3ccc(Cl)cc3)n2)CCSCC1. The zero-order valence-electron chi connectivity index (χ0n) is 13.6. The minimum Gasteiger partial charge on any atom is -0.469 e. The summed E-state index contributed by atoms with van der Waals surface area (Å²) in [6.07, 6.45) is 4.16. The van der Waals surface area contributed by atoms with Crippen LogP contribution in [-0.4, -0.2) is 39.6 Å². The third-order valence-electron chi connectivity index (χ3n) is 4.54. The summed E-state index contributed by atoms with van der Waals surface area (Å²) >= 11 is 7.80. The zero-order valence-corrected chi connectivity index (χ0v) is 15.1. The number of thioether (sulfide) groups is 1. The van der Waals surface area contributed by atoms with Crippen LogP contribution in [0.5, 0.6) is 0 Å². The normalized spacial score (nSPS) is 16.8. The number of ether oxygens (including phenoxy) is 1. The second-order valence-electron chi connectivity index (χ2n) is 5.97. The van der Waals surface area contributed by atoms with Crippen molar-refractivity contribution < 1.29 is 9.53 Å². The van der Waals surface area contributed by atoms with Gasteiger partial charge in [0.05, 0.1) is 25.3 Å². The number of aryl methyl sites for hydroxylation is 1. The Labute approximate surface area is 150 Å². The lowest BCUT2D eigenvalue weighted by Crippen LogP contribution is -2.37. The fourth-order valence-electron chi connectivity index (χ4n) is 3.01. The van der Waals surface area contributed by atoms with E-state index in [4.69, 9.17) is 16.3 Å². The van der Waals surface area contributed by atoms with Crippen molar-refractivity contribution >= 4 is 29.3 Å². The van der Waals surface area contributed by atoms with Crippen LogP contribution in [0.3, 0.4) is 0 Å². The molecule has 1 fully saturated rings. The summed E-state index contributed by atoms with van der Waals surface area (Å²) in [6, 6.07) is 7.51. The summed E-state index contributed by atoms with van der Waals surface area (Å²) in [5.41, 5.74) is 1.38. The van der Waals surface area contributed by atoms with E-state index in [1.165, 1.54) is 7.11 Å². The predicted molar refractivity (Wildman–Crippen MR) is 96.1 cm³/mol. The van der Waals surface area contributed by atoms with Gasteiger partial charge in [0.1, 0.15) is 5.69 Å². The first-order chi connectivity index (χ1) is 11.6. The molecule has 3 rings (SSSR count). The molecule has 0 atom stereocenters. The quantitative estimate of drug-likeness (QED) is 0.756. The van der Waals surface area contributed by atoms with Crippen molar-refractivity contribution in [2.45, 2.75) is 25.8 Å². The number of carbonyl (C=O) groups is 1. The van der Waals surface area contributed by atoms with Crippen LogP contribution in [0.4, 0.5) is 0 Å². The minimum absolute atomic E-state index is 0.104. The number of esters is 1. The van der Waals surface area contributed by atoms with Crippen LogP contribution in [0.25, 0.3) is 11.3 Å². The van der Waals surface area contributed by atoms with Crippen molar-refractivity contribution in [3.63, 3.8) is 0 Å². The van der Waals surface area contributed by atoms with Gasteiger partial charge in [-0.05, 0) is 42.9 Å². The monoisotopic (exact) mass is 365 g/mol. The van der Waals surface area contributed by atoms with Crippen molar-refractivity contribution in [3.05, 3.63) is 35.5 Å². The molecule has 5 nitrogen and oxygen atoms in total. The standard InChI is InChI=1S/C17H20ClN3O2S/c1-23-16(22)17(7-10-24-11-8-17)6-9-21-19-12-15(20-21)13-2-4-14(18)5-3-13/h2-5,12H,6-11H2,1H3. The molecule has 0 saturated carbocycles. The Balaban J connectivity index is 1.69. The first-order valence-electron chi connectivity index (χ1n) is 7.95. The van der Waals surface area contributed by atoms with Gasteiger partial charge < -0.3 is 4.74 Å². The summed E-state index contributed by atoms with van der Waals surface area (Å²) < 4.78 is 5.06. The Kier molecular flexibility index (Phi) is 5.46. The molecule has 0 bridgehead atoms. The second kappa shape index (κ2) is 7.57. The van der Waals surface area contributed by atoms with Gasteiger partial charge in [0.2, 0.25) is 0 Å². The van der Waals surface area contributed by atoms with Gasteiger partial charge in [-0.25, -0.2) is 0 Å². The highest BCUT2D eigenvalue weighted by Crippen LogP contribution is 2.39. The van der Waals surface area contributed by atoms with Crippen LogP contribution in [0.1, 0.15) is 19.3 Å². The molecule has 7 heteroatoms. The van der Waals surface area contributed by atoms with Gasteiger partial charge in [-0.3, -0.25) is 4.79 Å². The van der Waals surface area contributed by atoms with Crippen LogP contribution in [0.15, 0.2) is 30.5 Å². The van der Waals surface area contributed by atoms with E-state index in [9.17, 15) is 4.79 Å². The number of halogens is 1. The van der Waals surface area contributed by atoms with Gasteiger partial charge in [0.25, 0.3) is 0 Å². The highest BCUT2D eigenvalue weighted by atomic mass is 35.5. The minimum atomic E-state index is -0.395. The van der Waals surface area contributed by atoms with E-state index in [2.05, 4.69) is 10.2 Å². The molecule has 1 aliphatic rings. The van der Waals surface area contributed by atoms with Crippen LogP contribution < -0.4 is 0 Å². The Bertz CT molecular complexity index is 696. The fraction of sp³-hybridized carbons (Fsp3) is 0.471. The summed E-state index contributed by atoms with van der Waals surface area (Å²) in [5.74, 6) is 1.89. The second-order valence-corrected chi connectivity index (χ2v) is 7.63. The molecule has 2 aromatic rings. The number of aromatic nitrogens is 3. The number of rotatable bonds is 5. The summed E-state index contributed by atoms with van der Waals surface area (Å²) in [4.78, 5) is 13.9. The molecule has 1 aromatic heterocycles. The summed E-state index contributed by atoms with van der Waals surface area (Å²) in [5, 5.41) is 9.54. The number of hydrogen-bond acceptors (Lipinski definition) is 5. The molecular weight excluding hydrogens is 346 g/mol. The molecule has 0 aliphatic carbocycles. The zero-order chi connectivity index (χ0) is 17.0. The van der Waals surface area contributed by atoms with Crippen LogP contribution in [-0.2, 0) is 16.1 Å². The van der Waals surface area contributed by atoms with E-state index < -0.39 is 5.41 Å². The molecule has 24 heavy (non-hydrogen) atoms. The predicted octanol–water partition coefficient (Wildman–Crippen LogP) is 3.68. The molecule has 0 spiro atoms. The number of carbonyl (C=O) groups excluding carboxylic acids is 1. The highest BCUT2D eigenvalue weighted by Gasteiger charge is 2.40. The third-order valence-corrected chi connectivity index (χ3v) is 5.77. The molecular formula is C17H20ClN3O2S. The highest BCUT2D eigenvalue weighted by molar-refractivity contribution is 7.99. The lowest BCUT2D eigenvalue weighted by molar-refractivity contribution is -0.154. The van der Waals surface area contributed by atoms with E-state index in [1.54, 1.807) is 11.0 Å². The largest absolute Gasteiger partial charge is 0.469 e. The van der Waals surface area contributed by atoms with Crippen molar-refractivity contribution in [2.24, 2.45) is 5.41 Å². The summed E-state index contributed by atoms with van der Waals surface area (Å²) in [7, 11) is 1.47. The molecule has 0 radical (unpaired) electrons. The first kappa shape index (κ1) is 17.3. The maximum atomic E-state index is 12.3. The van der Waals surface area contributed by atoms with Crippen LogP contribution >= 0.6 is 23.4 Å². The molecule has 2 heterocycles. The average Bonchev–Trinajstić information content (AvgIpc) is 3.10. The van der Waals surface area contributed by atoms with Gasteiger partial charge in [-0.2, -0.15) is 26.8 Å². The summed E-state index contributed by atoms with van der Waals surface area (Å²) in [6.45, 7) is 0.605. The Morgan fingerprint density at radius 1 is 1.33 bits per heavy atom. The van der Waals surface area contributed by atoms with Gasteiger partial charge in [0, 0.05) is 10.6 Å². The van der Waals surface area contributed by atoms with Crippen molar-refractivity contribution in [1.29, 1.82) is 0 Å². The van der Waals surface area contributed by atoms with E-state index in [0.29, 0.717) is 18.0 Å². The van der Waals surface area contributed by atoms with E-state index >= 15 is 0 Å². The van der Waals surface area contributed by atoms with Gasteiger partial charge >= 0.3 is 5.97 Å². The number of methoxy groups -OCH3 is 1. The topological polar surface area (TPSA) is 57.0 Å². The van der Waals surface area contributed by atoms with Gasteiger partial charge in [-0.1, -0.05) is 23.7 Å². The average molecular weight is 366 g/mol. The van der Waals surface area contributed by atoms with Crippen LogP contribution in [0, 0.1) is 5.41 Å². The molecule has 128 valence electrons. The lowest BCUT2D eigenvalue weighted by atomic mass is 9.79. The van der Waals surface area contributed by atoms with Crippen molar-refractivity contribution in [1.82, 2.24) is 15.0 Å². The Hall–Kier alpha value is -1.53. The van der Waals surface area contributed by atoms with E-state index in [1.807, 2.05) is 36.0 Å². The van der Waals surface area contributed by atoms with Crippen molar-refractivity contribution in [2.75, 3.05) is 18.6 Å². The van der Waals surface area contributed by atoms with E-state index in [-0.39, 0.29) is 5.97 Å². The molecule has 0 amide bonds. The fourth-order valence-corrected chi connectivity index (χ4v) is 4.41.